The number of carboxylic acid groups (broad SMARTS) is 1. The molecule has 5 N–H and O–H groups in total. The fourth-order valence-corrected chi connectivity index (χ4v) is 4.03. The number of aromatic amines is 1. The van der Waals surface area contributed by atoms with Gasteiger partial charge in [0.1, 0.15) is 29.2 Å². The lowest BCUT2D eigenvalue weighted by atomic mass is 9.77. The Morgan fingerprint density at radius 2 is 2.21 bits per heavy atom. The predicted molar refractivity (Wildman–Crippen MR) is 99.6 cm³/mol. The van der Waals surface area contributed by atoms with Crippen molar-refractivity contribution >= 4 is 19.0 Å². The summed E-state index contributed by atoms with van der Waals surface area (Å²) in [5.74, 6) is -0.963. The molecule has 0 bridgehead atoms. The number of aromatic carboxylic acids is 1. The first-order chi connectivity index (χ1) is 13.9. The Kier molecular flexibility index (Phi) is 4.03. The smallest absolute Gasteiger partial charge is 0.526 e. The second kappa shape index (κ2) is 6.50. The Bertz CT molecular complexity index is 977. The number of nitrogens with zero attached hydrogens (tertiary/aromatic N) is 2. The maximum absolute atomic E-state index is 12.4. The van der Waals surface area contributed by atoms with Crippen molar-refractivity contribution in [3.63, 3.8) is 0 Å². The van der Waals surface area contributed by atoms with E-state index in [0.717, 1.165) is 12.0 Å². The molecule has 1 aliphatic carbocycles. The molecule has 3 heterocycles. The molecule has 3 atom stereocenters. The monoisotopic (exact) mass is 398 g/mol. The van der Waals surface area contributed by atoms with Gasteiger partial charge in [-0.3, -0.25) is 4.79 Å². The lowest BCUT2D eigenvalue weighted by Gasteiger charge is -2.40. The highest BCUT2D eigenvalue weighted by Crippen LogP contribution is 2.60. The van der Waals surface area contributed by atoms with Gasteiger partial charge in [-0.15, -0.1) is 0 Å². The second-order valence-electron chi connectivity index (χ2n) is 7.63. The van der Waals surface area contributed by atoms with Crippen LogP contribution in [0.2, 0.25) is 5.82 Å². The molecule has 3 aliphatic rings. The number of hydrogen-bond donors (Lipinski definition) is 4. The third kappa shape index (κ3) is 2.93. The first kappa shape index (κ1) is 18.0. The molecule has 1 amide bonds. The number of carboxylic acids is 1. The molecular formula is C18H19BN4O6. The van der Waals surface area contributed by atoms with Crippen LogP contribution in [-0.4, -0.2) is 63.2 Å². The average molecular weight is 398 g/mol. The first-order valence-electron chi connectivity index (χ1n) is 9.38. The van der Waals surface area contributed by atoms with Gasteiger partial charge in [-0.2, -0.15) is 0 Å². The molecule has 1 saturated carbocycles. The van der Waals surface area contributed by atoms with Crippen molar-refractivity contribution in [1.29, 1.82) is 0 Å². The van der Waals surface area contributed by atoms with Crippen LogP contribution in [0.1, 0.15) is 40.0 Å². The Morgan fingerprint density at radius 3 is 2.90 bits per heavy atom. The molecule has 11 heteroatoms. The van der Waals surface area contributed by atoms with Crippen LogP contribution < -0.4 is 15.1 Å². The van der Waals surface area contributed by atoms with Crippen molar-refractivity contribution in [2.45, 2.75) is 30.3 Å². The zero-order chi connectivity index (χ0) is 20.3. The Morgan fingerprint density at radius 1 is 1.41 bits per heavy atom. The minimum Gasteiger partial charge on any atom is -0.535 e. The van der Waals surface area contributed by atoms with E-state index in [-0.39, 0.29) is 40.8 Å². The summed E-state index contributed by atoms with van der Waals surface area (Å²) in [6.07, 6.45) is 3.45. The summed E-state index contributed by atoms with van der Waals surface area (Å²) < 4.78 is 11.3. The minimum absolute atomic E-state index is 0.0286. The summed E-state index contributed by atoms with van der Waals surface area (Å²) in [7, 11) is -0.999. The van der Waals surface area contributed by atoms with Crippen LogP contribution in [0.3, 0.4) is 0 Å². The van der Waals surface area contributed by atoms with Gasteiger partial charge in [-0.05, 0) is 24.0 Å². The number of nitrogens with one attached hydrogen (secondary N) is 1. The van der Waals surface area contributed by atoms with E-state index in [4.69, 9.17) is 15.1 Å². The van der Waals surface area contributed by atoms with Gasteiger partial charge in [0.15, 0.2) is 0 Å². The first-order valence-corrected chi connectivity index (χ1v) is 9.38. The van der Waals surface area contributed by atoms with E-state index in [1.54, 1.807) is 18.3 Å². The van der Waals surface area contributed by atoms with Crippen molar-refractivity contribution < 1.29 is 29.1 Å². The van der Waals surface area contributed by atoms with E-state index in [9.17, 15) is 19.7 Å². The van der Waals surface area contributed by atoms with Gasteiger partial charge < -0.3 is 35.1 Å². The number of ether oxygens (including phenoxy) is 1. The molecule has 1 aromatic carbocycles. The van der Waals surface area contributed by atoms with Crippen molar-refractivity contribution in [3.05, 3.63) is 41.5 Å². The van der Waals surface area contributed by atoms with E-state index in [1.165, 1.54) is 11.2 Å². The molecule has 2 aromatic rings. The third-order valence-electron chi connectivity index (χ3n) is 5.77. The molecule has 0 spiro atoms. The molecular weight excluding hydrogens is 379 g/mol. The van der Waals surface area contributed by atoms with Crippen LogP contribution >= 0.6 is 0 Å². The molecule has 29 heavy (non-hydrogen) atoms. The number of hydrogen-bond acceptors (Lipinski definition) is 7. The Labute approximate surface area is 165 Å². The predicted octanol–water partition coefficient (Wildman–Crippen LogP) is 0.128. The number of imidazole rings is 1. The number of H-pyrrole nitrogens is 1. The van der Waals surface area contributed by atoms with E-state index >= 15 is 0 Å². The summed E-state index contributed by atoms with van der Waals surface area (Å²) >= 11 is 0. The molecule has 0 unspecified atom stereocenters. The van der Waals surface area contributed by atoms with Crippen LogP contribution in [0.15, 0.2) is 24.7 Å². The van der Waals surface area contributed by atoms with Gasteiger partial charge in [-0.25, -0.2) is 9.78 Å². The van der Waals surface area contributed by atoms with Gasteiger partial charge >= 0.3 is 13.1 Å². The zero-order valence-corrected chi connectivity index (χ0v) is 15.3. The number of benzene rings is 1. The number of amides is 1. The van der Waals surface area contributed by atoms with Crippen LogP contribution in [0.4, 0.5) is 0 Å². The highest BCUT2D eigenvalue weighted by Gasteiger charge is 2.54. The Hall–Kier alpha value is -3.05. The zero-order valence-electron chi connectivity index (χ0n) is 15.3. The fourth-order valence-electron chi connectivity index (χ4n) is 4.03. The molecule has 1 aromatic heterocycles. The van der Waals surface area contributed by atoms with Crippen molar-refractivity contribution in [1.82, 2.24) is 14.9 Å². The maximum atomic E-state index is 12.4. The van der Waals surface area contributed by atoms with Gasteiger partial charge in [-0.1, -0.05) is 6.07 Å². The van der Waals surface area contributed by atoms with Gasteiger partial charge in [0.2, 0.25) is 5.91 Å². The van der Waals surface area contributed by atoms with Crippen molar-refractivity contribution in [2.24, 2.45) is 5.73 Å². The lowest BCUT2D eigenvalue weighted by molar-refractivity contribution is -0.141. The van der Waals surface area contributed by atoms with Gasteiger partial charge in [0, 0.05) is 12.0 Å². The van der Waals surface area contributed by atoms with E-state index in [2.05, 4.69) is 9.97 Å². The van der Waals surface area contributed by atoms with Gasteiger partial charge in [0.05, 0.1) is 25.1 Å². The van der Waals surface area contributed by atoms with E-state index in [1.807, 2.05) is 0 Å². The van der Waals surface area contributed by atoms with Gasteiger partial charge in [0.25, 0.3) is 0 Å². The highest BCUT2D eigenvalue weighted by molar-refractivity contribution is 6.48. The summed E-state index contributed by atoms with van der Waals surface area (Å²) in [5, 5.41) is 19.7. The summed E-state index contributed by atoms with van der Waals surface area (Å²) in [6, 6.07) is 2.56. The lowest BCUT2D eigenvalue weighted by Crippen LogP contribution is -2.58. The molecule has 10 nitrogen and oxygen atoms in total. The molecule has 5 rings (SSSR count). The Balaban J connectivity index is 1.29. The number of carbonyl (C=O) groups is 2. The molecule has 1 saturated heterocycles. The highest BCUT2D eigenvalue weighted by atomic mass is 16.5. The van der Waals surface area contributed by atoms with Crippen molar-refractivity contribution in [2.75, 3.05) is 13.1 Å². The number of nitrogens with two attached hydrogens (primary N) is 1. The normalized spacial score (nSPS) is 23.4. The van der Waals surface area contributed by atoms with Crippen LogP contribution in [0.5, 0.6) is 11.5 Å². The fraction of sp³-hybridized carbons (Fsp3) is 0.389. The van der Waals surface area contributed by atoms with Crippen LogP contribution in [0.25, 0.3) is 0 Å². The second-order valence-corrected chi connectivity index (χ2v) is 7.63. The van der Waals surface area contributed by atoms with Crippen LogP contribution in [0, 0.1) is 0 Å². The standard InChI is InChI=1S/C18H19BN4O6/c20-15(12-4-21-7-22-12)17(24)23-5-8(6-23)28-13-2-1-9-10-3-11(10)19(27)29-16(9)14(13)18(25)26/h1-2,4,7-8,10-11,15,27H,3,5-6,20H2,(H,21,22)(H,25,26)/t10-,11-,15+/m1/s1. The molecule has 150 valence electrons. The topological polar surface area (TPSA) is 151 Å². The molecule has 0 radical (unpaired) electrons. The average Bonchev–Trinajstić information content (AvgIpc) is 3.29. The van der Waals surface area contributed by atoms with E-state index in [0.29, 0.717) is 18.8 Å². The number of aromatic nitrogens is 2. The number of likely N-dealkylation sites (tertiary alicyclic amines) is 1. The molecule has 2 fully saturated rings. The third-order valence-corrected chi connectivity index (χ3v) is 5.77. The largest absolute Gasteiger partial charge is 0.535 e. The van der Waals surface area contributed by atoms with Crippen LogP contribution in [-0.2, 0) is 4.79 Å². The minimum atomic E-state index is -1.18. The number of fused-ring (bicyclic) bond motifs is 3. The number of carbonyl (C=O) groups excluding carboxylic acids is 1. The quantitative estimate of drug-likeness (QED) is 0.519. The molecule has 2 aliphatic heterocycles. The van der Waals surface area contributed by atoms with Crippen molar-refractivity contribution in [3.8, 4) is 11.5 Å². The maximum Gasteiger partial charge on any atom is 0.526 e. The summed E-state index contributed by atoms with van der Waals surface area (Å²) in [5.41, 5.74) is 7.08. The SMILES string of the molecule is N[C@H](C(=O)N1CC(Oc2ccc3c(c2C(=O)O)OB(O)[C@@H]2C[C@H]32)C1)c1c[nH]cn1. The van der Waals surface area contributed by atoms with E-state index < -0.39 is 19.1 Å². The number of rotatable bonds is 5. The summed E-state index contributed by atoms with van der Waals surface area (Å²) in [4.78, 5) is 32.6. The summed E-state index contributed by atoms with van der Waals surface area (Å²) in [6.45, 7) is 0.586.